The number of imidazole rings is 1. The molecule has 1 heterocycles. The third kappa shape index (κ3) is 2.93. The van der Waals surface area contributed by atoms with Gasteiger partial charge < -0.3 is 14.4 Å². The van der Waals surface area contributed by atoms with Crippen molar-refractivity contribution in [3.63, 3.8) is 0 Å². The van der Waals surface area contributed by atoms with Crippen molar-refractivity contribution in [1.82, 2.24) is 9.55 Å². The van der Waals surface area contributed by atoms with Crippen molar-refractivity contribution in [3.8, 4) is 0 Å². The van der Waals surface area contributed by atoms with Gasteiger partial charge in [-0.3, -0.25) is 0 Å². The number of aryl methyl sites for hydroxylation is 2. The summed E-state index contributed by atoms with van der Waals surface area (Å²) in [6.45, 7) is 3.42. The van der Waals surface area contributed by atoms with Gasteiger partial charge in [-0.15, -0.1) is 0 Å². The van der Waals surface area contributed by atoms with Gasteiger partial charge in [0.2, 0.25) is 0 Å². The largest absolute Gasteiger partial charge is 0.478 e. The van der Waals surface area contributed by atoms with E-state index in [0.717, 1.165) is 42.9 Å². The molecule has 5 heteroatoms. The zero-order chi connectivity index (χ0) is 13.8. The van der Waals surface area contributed by atoms with Gasteiger partial charge >= 0.3 is 5.97 Å². The predicted molar refractivity (Wildman–Crippen MR) is 72.5 cm³/mol. The molecule has 2 aromatic rings. The fourth-order valence-electron chi connectivity index (χ4n) is 2.08. The molecule has 0 saturated carbocycles. The number of carbonyl (C=O) groups is 1. The molecule has 19 heavy (non-hydrogen) atoms. The Labute approximate surface area is 111 Å². The molecule has 0 unspecified atom stereocenters. The topological polar surface area (TPSA) is 64.3 Å². The first kappa shape index (κ1) is 13.5. The molecule has 0 aliphatic carbocycles. The molecule has 5 nitrogen and oxygen atoms in total. The van der Waals surface area contributed by atoms with E-state index < -0.39 is 5.97 Å². The van der Waals surface area contributed by atoms with Crippen LogP contribution in [0.3, 0.4) is 0 Å². The van der Waals surface area contributed by atoms with Gasteiger partial charge in [0, 0.05) is 26.7 Å². The molecule has 0 aliphatic heterocycles. The Kier molecular flexibility index (Phi) is 4.16. The van der Waals surface area contributed by atoms with Crippen LogP contribution in [0.4, 0.5) is 0 Å². The average Bonchev–Trinajstić information content (AvgIpc) is 2.71. The summed E-state index contributed by atoms with van der Waals surface area (Å²) >= 11 is 0. The summed E-state index contributed by atoms with van der Waals surface area (Å²) in [5.74, 6) is 0.0303. The monoisotopic (exact) mass is 262 g/mol. The number of hydrogen-bond donors (Lipinski definition) is 1. The van der Waals surface area contributed by atoms with E-state index in [1.54, 1.807) is 18.2 Å². The quantitative estimate of drug-likeness (QED) is 0.811. The van der Waals surface area contributed by atoms with Crippen LogP contribution in [0.2, 0.25) is 0 Å². The van der Waals surface area contributed by atoms with E-state index in [9.17, 15) is 4.79 Å². The summed E-state index contributed by atoms with van der Waals surface area (Å²) in [4.78, 5) is 15.4. The highest BCUT2D eigenvalue weighted by atomic mass is 16.5. The molecule has 0 aliphatic rings. The van der Waals surface area contributed by atoms with Gasteiger partial charge in [-0.1, -0.05) is 0 Å². The maximum absolute atomic E-state index is 10.9. The molecule has 1 aromatic heterocycles. The van der Waals surface area contributed by atoms with Crippen molar-refractivity contribution < 1.29 is 14.6 Å². The molecule has 2 rings (SSSR count). The number of aromatic carboxylic acids is 1. The van der Waals surface area contributed by atoms with Gasteiger partial charge in [-0.2, -0.15) is 0 Å². The van der Waals surface area contributed by atoms with Crippen LogP contribution in [0, 0.1) is 0 Å². The molecule has 0 bridgehead atoms. The van der Waals surface area contributed by atoms with Crippen LogP contribution in [-0.4, -0.2) is 33.8 Å². The number of carboxylic acids is 1. The molecule has 0 spiro atoms. The minimum absolute atomic E-state index is 0.270. The predicted octanol–water partition coefficient (Wildman–Crippen LogP) is 2.24. The van der Waals surface area contributed by atoms with Crippen molar-refractivity contribution in [2.24, 2.45) is 7.05 Å². The number of carboxylic acid groups (broad SMARTS) is 1. The normalized spacial score (nSPS) is 11.1. The molecule has 0 amide bonds. The van der Waals surface area contributed by atoms with Crippen LogP contribution < -0.4 is 0 Å². The van der Waals surface area contributed by atoms with Gasteiger partial charge in [0.05, 0.1) is 16.6 Å². The van der Waals surface area contributed by atoms with Crippen LogP contribution in [0.1, 0.15) is 29.5 Å². The molecule has 1 aromatic carbocycles. The summed E-state index contributed by atoms with van der Waals surface area (Å²) in [6.07, 6.45) is 1.74. The van der Waals surface area contributed by atoms with Gasteiger partial charge in [0.25, 0.3) is 0 Å². The molecule has 0 atom stereocenters. The van der Waals surface area contributed by atoms with E-state index in [-0.39, 0.29) is 5.56 Å². The Hall–Kier alpha value is -1.88. The molecule has 0 fully saturated rings. The smallest absolute Gasteiger partial charge is 0.335 e. The van der Waals surface area contributed by atoms with E-state index in [2.05, 4.69) is 4.98 Å². The lowest BCUT2D eigenvalue weighted by Crippen LogP contribution is -2.01. The number of benzene rings is 1. The van der Waals surface area contributed by atoms with Crippen LogP contribution >= 0.6 is 0 Å². The minimum atomic E-state index is -0.926. The van der Waals surface area contributed by atoms with Crippen LogP contribution in [-0.2, 0) is 18.2 Å². The van der Waals surface area contributed by atoms with E-state index in [1.165, 1.54) is 0 Å². The molecule has 0 radical (unpaired) electrons. The van der Waals surface area contributed by atoms with Crippen molar-refractivity contribution in [2.45, 2.75) is 19.8 Å². The zero-order valence-electron chi connectivity index (χ0n) is 11.2. The number of rotatable bonds is 6. The second-order valence-corrected chi connectivity index (χ2v) is 4.40. The lowest BCUT2D eigenvalue weighted by Gasteiger charge is -2.02. The molecule has 1 N–H and O–H groups in total. The second kappa shape index (κ2) is 5.84. The highest BCUT2D eigenvalue weighted by Crippen LogP contribution is 2.17. The molecule has 0 saturated heterocycles. The maximum Gasteiger partial charge on any atom is 0.335 e. The number of hydrogen-bond acceptors (Lipinski definition) is 3. The van der Waals surface area contributed by atoms with Crippen LogP contribution in [0.15, 0.2) is 18.2 Å². The summed E-state index contributed by atoms with van der Waals surface area (Å²) in [5.41, 5.74) is 1.96. The lowest BCUT2D eigenvalue weighted by atomic mass is 10.2. The number of nitrogens with zero attached hydrogens (tertiary/aromatic N) is 2. The third-order valence-electron chi connectivity index (χ3n) is 3.11. The fourth-order valence-corrected chi connectivity index (χ4v) is 2.08. The standard InChI is InChI=1S/C14H18N2O3/c1-3-19-8-4-5-13-15-11-9-10(14(17)18)6-7-12(11)16(13)2/h6-7,9H,3-5,8H2,1-2H3,(H,17,18). The summed E-state index contributed by atoms with van der Waals surface area (Å²) in [6, 6.07) is 5.03. The second-order valence-electron chi connectivity index (χ2n) is 4.40. The van der Waals surface area contributed by atoms with Crippen LogP contribution in [0.25, 0.3) is 11.0 Å². The first-order valence-electron chi connectivity index (χ1n) is 6.40. The zero-order valence-corrected chi connectivity index (χ0v) is 11.2. The Morgan fingerprint density at radius 2 is 2.26 bits per heavy atom. The number of ether oxygens (including phenoxy) is 1. The first-order chi connectivity index (χ1) is 9.13. The average molecular weight is 262 g/mol. The number of fused-ring (bicyclic) bond motifs is 1. The summed E-state index contributed by atoms with van der Waals surface area (Å²) < 4.78 is 7.31. The SMILES string of the molecule is CCOCCCc1nc2cc(C(=O)O)ccc2n1C. The van der Waals surface area contributed by atoms with E-state index in [1.807, 2.05) is 18.5 Å². The van der Waals surface area contributed by atoms with Gasteiger partial charge in [0.1, 0.15) is 5.82 Å². The highest BCUT2D eigenvalue weighted by Gasteiger charge is 2.10. The Bertz CT molecular complexity index is 590. The molecule has 102 valence electrons. The fraction of sp³-hybridized carbons (Fsp3) is 0.429. The Morgan fingerprint density at radius 3 is 2.95 bits per heavy atom. The van der Waals surface area contributed by atoms with Crippen molar-refractivity contribution in [2.75, 3.05) is 13.2 Å². The third-order valence-corrected chi connectivity index (χ3v) is 3.11. The van der Waals surface area contributed by atoms with Gasteiger partial charge in [-0.05, 0) is 31.5 Å². The molecular formula is C14H18N2O3. The van der Waals surface area contributed by atoms with Gasteiger partial charge in [0.15, 0.2) is 0 Å². The minimum Gasteiger partial charge on any atom is -0.478 e. The van der Waals surface area contributed by atoms with Crippen LogP contribution in [0.5, 0.6) is 0 Å². The summed E-state index contributed by atoms with van der Waals surface area (Å²) in [7, 11) is 1.95. The van der Waals surface area contributed by atoms with Crippen molar-refractivity contribution >= 4 is 17.0 Å². The van der Waals surface area contributed by atoms with E-state index in [4.69, 9.17) is 9.84 Å². The van der Waals surface area contributed by atoms with E-state index >= 15 is 0 Å². The Balaban J connectivity index is 2.21. The van der Waals surface area contributed by atoms with E-state index in [0.29, 0.717) is 0 Å². The first-order valence-corrected chi connectivity index (χ1v) is 6.40. The van der Waals surface area contributed by atoms with Crippen molar-refractivity contribution in [1.29, 1.82) is 0 Å². The molecular weight excluding hydrogens is 244 g/mol. The van der Waals surface area contributed by atoms with Gasteiger partial charge in [-0.25, -0.2) is 9.78 Å². The highest BCUT2D eigenvalue weighted by molar-refractivity contribution is 5.92. The number of aromatic nitrogens is 2. The maximum atomic E-state index is 10.9. The summed E-state index contributed by atoms with van der Waals surface area (Å²) in [5, 5.41) is 8.97. The van der Waals surface area contributed by atoms with Crippen molar-refractivity contribution in [3.05, 3.63) is 29.6 Å². The lowest BCUT2D eigenvalue weighted by molar-refractivity contribution is 0.0697. The Morgan fingerprint density at radius 1 is 1.47 bits per heavy atom.